The van der Waals surface area contributed by atoms with E-state index >= 15 is 0 Å². The Morgan fingerprint density at radius 3 is 2.86 bits per heavy atom. The van der Waals surface area contributed by atoms with E-state index in [0.717, 1.165) is 17.7 Å². The van der Waals surface area contributed by atoms with Gasteiger partial charge in [-0.25, -0.2) is 8.42 Å². The van der Waals surface area contributed by atoms with E-state index in [-0.39, 0.29) is 4.90 Å². The van der Waals surface area contributed by atoms with Crippen LogP contribution in [0.2, 0.25) is 5.02 Å². The molecule has 21 heavy (non-hydrogen) atoms. The topological polar surface area (TPSA) is 55.4 Å². The van der Waals surface area contributed by atoms with E-state index in [1.54, 1.807) is 43.3 Å². The highest BCUT2D eigenvalue weighted by Gasteiger charge is 2.20. The number of ether oxygens (including phenoxy) is 1. The Morgan fingerprint density at radius 2 is 2.05 bits per heavy atom. The van der Waals surface area contributed by atoms with Gasteiger partial charge in [0, 0.05) is 11.4 Å². The molecular weight excluding hydrogens is 310 g/mol. The minimum absolute atomic E-state index is 0.228. The van der Waals surface area contributed by atoms with Crippen molar-refractivity contribution in [2.75, 3.05) is 11.3 Å². The predicted molar refractivity (Wildman–Crippen MR) is 82.6 cm³/mol. The van der Waals surface area contributed by atoms with Gasteiger partial charge in [-0.05, 0) is 48.4 Å². The van der Waals surface area contributed by atoms with Crippen molar-refractivity contribution in [1.29, 1.82) is 0 Å². The van der Waals surface area contributed by atoms with Crippen LogP contribution >= 0.6 is 11.6 Å². The maximum Gasteiger partial charge on any atom is 0.261 e. The molecule has 0 spiro atoms. The summed E-state index contributed by atoms with van der Waals surface area (Å²) >= 11 is 6.01. The summed E-state index contributed by atoms with van der Waals surface area (Å²) in [5.41, 5.74) is 2.10. The molecule has 0 radical (unpaired) electrons. The van der Waals surface area contributed by atoms with Crippen LogP contribution in [-0.4, -0.2) is 15.0 Å². The van der Waals surface area contributed by atoms with Crippen LogP contribution in [0.5, 0.6) is 5.75 Å². The van der Waals surface area contributed by atoms with Crippen molar-refractivity contribution in [1.82, 2.24) is 0 Å². The third-order valence-corrected chi connectivity index (χ3v) is 5.26. The second-order valence-corrected chi connectivity index (χ2v) is 6.98. The van der Waals surface area contributed by atoms with E-state index in [1.807, 2.05) is 0 Å². The first-order chi connectivity index (χ1) is 9.97. The lowest BCUT2D eigenvalue weighted by molar-refractivity contribution is 0.356. The van der Waals surface area contributed by atoms with Crippen molar-refractivity contribution in [2.24, 2.45) is 0 Å². The van der Waals surface area contributed by atoms with Crippen LogP contribution in [0.1, 0.15) is 11.1 Å². The lowest BCUT2D eigenvalue weighted by Gasteiger charge is -2.12. The number of nitrogens with one attached hydrogen (secondary N) is 1. The number of sulfonamides is 1. The normalized spacial score (nSPS) is 13.6. The summed E-state index contributed by atoms with van der Waals surface area (Å²) in [6.07, 6.45) is 0.731. The number of hydrogen-bond donors (Lipinski definition) is 1. The fourth-order valence-corrected chi connectivity index (χ4v) is 3.60. The van der Waals surface area contributed by atoms with Crippen molar-refractivity contribution in [3.63, 3.8) is 0 Å². The van der Waals surface area contributed by atoms with Gasteiger partial charge >= 0.3 is 0 Å². The number of hydrogen-bond acceptors (Lipinski definition) is 3. The summed E-state index contributed by atoms with van der Waals surface area (Å²) < 4.78 is 32.9. The number of benzene rings is 2. The Kier molecular flexibility index (Phi) is 3.55. The predicted octanol–water partition coefficient (Wildman–Crippen LogP) is 3.38. The Hall–Kier alpha value is -1.72. The second-order valence-electron chi connectivity index (χ2n) is 4.89. The van der Waals surface area contributed by atoms with Gasteiger partial charge in [0.15, 0.2) is 0 Å². The Morgan fingerprint density at radius 1 is 1.24 bits per heavy atom. The lowest BCUT2D eigenvalue weighted by Crippen LogP contribution is -2.14. The first kappa shape index (κ1) is 14.2. The van der Waals surface area contributed by atoms with Crippen LogP contribution in [0, 0.1) is 6.92 Å². The number of fused-ring (bicyclic) bond motifs is 1. The average molecular weight is 324 g/mol. The zero-order chi connectivity index (χ0) is 15.0. The van der Waals surface area contributed by atoms with Gasteiger partial charge in [0.1, 0.15) is 5.75 Å². The van der Waals surface area contributed by atoms with Crippen molar-refractivity contribution in [2.45, 2.75) is 18.2 Å². The first-order valence-electron chi connectivity index (χ1n) is 6.51. The molecule has 1 heterocycles. The third-order valence-electron chi connectivity index (χ3n) is 3.48. The summed E-state index contributed by atoms with van der Waals surface area (Å²) in [6, 6.07) is 10.0. The maximum atomic E-state index is 12.5. The molecule has 0 bridgehead atoms. The van der Waals surface area contributed by atoms with E-state index in [2.05, 4.69) is 4.72 Å². The van der Waals surface area contributed by atoms with Gasteiger partial charge in [0.25, 0.3) is 10.0 Å². The van der Waals surface area contributed by atoms with Crippen molar-refractivity contribution in [3.8, 4) is 5.75 Å². The SMILES string of the molecule is Cc1c(Cl)cccc1NS(=O)(=O)c1ccc2c(c1)CCO2. The number of rotatable bonds is 3. The molecule has 1 aliphatic heterocycles. The molecule has 0 aromatic heterocycles. The van der Waals surface area contributed by atoms with Gasteiger partial charge in [-0.15, -0.1) is 0 Å². The molecule has 0 saturated heterocycles. The van der Waals surface area contributed by atoms with Crippen LogP contribution in [0.4, 0.5) is 5.69 Å². The van der Waals surface area contributed by atoms with Crippen LogP contribution < -0.4 is 9.46 Å². The van der Waals surface area contributed by atoms with Crippen LogP contribution in [0.25, 0.3) is 0 Å². The highest BCUT2D eigenvalue weighted by Crippen LogP contribution is 2.29. The lowest BCUT2D eigenvalue weighted by atomic mass is 10.2. The Balaban J connectivity index is 1.96. The van der Waals surface area contributed by atoms with Crippen molar-refractivity contribution < 1.29 is 13.2 Å². The van der Waals surface area contributed by atoms with Gasteiger partial charge in [-0.1, -0.05) is 17.7 Å². The standard InChI is InChI=1S/C15H14ClNO3S/c1-10-13(16)3-2-4-14(10)17-21(18,19)12-5-6-15-11(9-12)7-8-20-15/h2-6,9,17H,7-8H2,1H3. The first-order valence-corrected chi connectivity index (χ1v) is 8.37. The highest BCUT2D eigenvalue weighted by atomic mass is 35.5. The Bertz CT molecular complexity index is 803. The smallest absolute Gasteiger partial charge is 0.261 e. The molecule has 0 unspecified atom stereocenters. The van der Waals surface area contributed by atoms with Gasteiger partial charge in [-0.2, -0.15) is 0 Å². The molecule has 2 aromatic carbocycles. The molecule has 0 aliphatic carbocycles. The summed E-state index contributed by atoms with van der Waals surface area (Å²) in [6.45, 7) is 2.37. The molecular formula is C15H14ClNO3S. The summed E-state index contributed by atoms with van der Waals surface area (Å²) in [4.78, 5) is 0.228. The van der Waals surface area contributed by atoms with Gasteiger partial charge < -0.3 is 4.74 Å². The minimum Gasteiger partial charge on any atom is -0.493 e. The monoisotopic (exact) mass is 323 g/mol. The third kappa shape index (κ3) is 2.71. The second kappa shape index (κ2) is 5.24. The Labute approximate surface area is 128 Å². The molecule has 2 aromatic rings. The van der Waals surface area contributed by atoms with Crippen LogP contribution in [0.3, 0.4) is 0 Å². The molecule has 3 rings (SSSR count). The molecule has 4 nitrogen and oxygen atoms in total. The minimum atomic E-state index is -3.64. The summed E-state index contributed by atoms with van der Waals surface area (Å²) in [5, 5.41) is 0.526. The van der Waals surface area contributed by atoms with Gasteiger partial charge in [0.2, 0.25) is 0 Å². The quantitative estimate of drug-likeness (QED) is 0.942. The molecule has 6 heteroatoms. The molecule has 110 valence electrons. The van der Waals surface area contributed by atoms with E-state index in [0.29, 0.717) is 22.9 Å². The zero-order valence-electron chi connectivity index (χ0n) is 11.4. The van der Waals surface area contributed by atoms with Gasteiger partial charge in [0.05, 0.1) is 17.2 Å². The van der Waals surface area contributed by atoms with Crippen LogP contribution in [0.15, 0.2) is 41.3 Å². The van der Waals surface area contributed by atoms with E-state index in [1.165, 1.54) is 0 Å². The molecule has 0 fully saturated rings. The number of anilines is 1. The van der Waals surface area contributed by atoms with E-state index in [4.69, 9.17) is 16.3 Å². The molecule has 1 N–H and O–H groups in total. The molecule has 0 atom stereocenters. The maximum absolute atomic E-state index is 12.5. The van der Waals surface area contributed by atoms with E-state index in [9.17, 15) is 8.42 Å². The van der Waals surface area contributed by atoms with Crippen LogP contribution in [-0.2, 0) is 16.4 Å². The highest BCUT2D eigenvalue weighted by molar-refractivity contribution is 7.92. The fraction of sp³-hybridized carbons (Fsp3) is 0.200. The fourth-order valence-electron chi connectivity index (χ4n) is 2.25. The van der Waals surface area contributed by atoms with Crippen molar-refractivity contribution >= 4 is 27.3 Å². The molecule has 0 amide bonds. The summed E-state index contributed by atoms with van der Waals surface area (Å²) in [7, 11) is -3.64. The largest absolute Gasteiger partial charge is 0.493 e. The van der Waals surface area contributed by atoms with Crippen molar-refractivity contribution in [3.05, 3.63) is 52.5 Å². The molecule has 0 saturated carbocycles. The summed E-state index contributed by atoms with van der Waals surface area (Å²) in [5.74, 6) is 0.757. The average Bonchev–Trinajstić information content (AvgIpc) is 2.91. The number of halogens is 1. The van der Waals surface area contributed by atoms with Gasteiger partial charge in [-0.3, -0.25) is 4.72 Å². The molecule has 1 aliphatic rings. The zero-order valence-corrected chi connectivity index (χ0v) is 13.0. The van der Waals surface area contributed by atoms with E-state index < -0.39 is 10.0 Å².